The van der Waals surface area contributed by atoms with Gasteiger partial charge in [0.05, 0.1) is 28.3 Å². The minimum absolute atomic E-state index is 0.126. The maximum Gasteiger partial charge on any atom is 0.282 e. The summed E-state index contributed by atoms with van der Waals surface area (Å²) in [5.74, 6) is -3.97. The predicted molar refractivity (Wildman–Crippen MR) is 82.9 cm³/mol. The Morgan fingerprint density at radius 1 is 1.38 bits per heavy atom. The number of hydrogen-bond acceptors (Lipinski definition) is 5. The summed E-state index contributed by atoms with van der Waals surface area (Å²) in [4.78, 5) is 21.0. The standard InChI is InChI=1S/C16H13F2N5O/c1-8-9(3-2-6-20-8)15(24)23-14-10(13(19)22-23)4-5-12(21-14)11-7-16(11,17)18/h2-6,11H,7H2,1H3,(H2,19,22). The van der Waals surface area contributed by atoms with Crippen LogP contribution < -0.4 is 5.73 Å². The van der Waals surface area contributed by atoms with Gasteiger partial charge in [0.2, 0.25) is 0 Å². The van der Waals surface area contributed by atoms with Crippen LogP contribution >= 0.6 is 0 Å². The van der Waals surface area contributed by atoms with Crippen molar-refractivity contribution in [3.05, 3.63) is 47.4 Å². The van der Waals surface area contributed by atoms with Gasteiger partial charge in [-0.2, -0.15) is 4.68 Å². The molecule has 1 aliphatic carbocycles. The van der Waals surface area contributed by atoms with E-state index in [2.05, 4.69) is 15.1 Å². The van der Waals surface area contributed by atoms with Gasteiger partial charge < -0.3 is 5.73 Å². The van der Waals surface area contributed by atoms with Crippen molar-refractivity contribution >= 4 is 22.8 Å². The SMILES string of the molecule is Cc1ncccc1C(=O)n1nc(N)c2ccc(C3CC3(F)F)nc21. The van der Waals surface area contributed by atoms with Gasteiger partial charge in [0.15, 0.2) is 11.5 Å². The highest BCUT2D eigenvalue weighted by atomic mass is 19.3. The highest BCUT2D eigenvalue weighted by molar-refractivity contribution is 6.02. The third-order valence-electron chi connectivity index (χ3n) is 4.19. The van der Waals surface area contributed by atoms with Crippen molar-refractivity contribution < 1.29 is 13.6 Å². The number of hydrogen-bond donors (Lipinski definition) is 1. The average molecular weight is 329 g/mol. The molecule has 3 aromatic heterocycles. The van der Waals surface area contributed by atoms with Crippen molar-refractivity contribution in [1.29, 1.82) is 0 Å². The van der Waals surface area contributed by atoms with E-state index >= 15 is 0 Å². The summed E-state index contributed by atoms with van der Waals surface area (Å²) >= 11 is 0. The molecule has 1 unspecified atom stereocenters. The van der Waals surface area contributed by atoms with E-state index in [9.17, 15) is 13.6 Å². The molecule has 3 heterocycles. The number of carbonyl (C=O) groups excluding carboxylic acids is 1. The number of nitrogen functional groups attached to an aromatic ring is 1. The van der Waals surface area contributed by atoms with Crippen LogP contribution in [0, 0.1) is 6.92 Å². The summed E-state index contributed by atoms with van der Waals surface area (Å²) < 4.78 is 27.7. The molecule has 0 aromatic carbocycles. The van der Waals surface area contributed by atoms with Crippen LogP contribution in [-0.4, -0.2) is 31.6 Å². The van der Waals surface area contributed by atoms with E-state index in [-0.39, 0.29) is 23.6 Å². The predicted octanol–water partition coefficient (Wildman–Crippen LogP) is 2.53. The van der Waals surface area contributed by atoms with Crippen LogP contribution in [0.25, 0.3) is 11.0 Å². The molecule has 0 spiro atoms. The Labute approximate surface area is 135 Å². The monoisotopic (exact) mass is 329 g/mol. The van der Waals surface area contributed by atoms with Crippen molar-refractivity contribution in [1.82, 2.24) is 19.7 Å². The molecule has 1 saturated carbocycles. The number of fused-ring (bicyclic) bond motifs is 1. The fraction of sp³-hybridized carbons (Fsp3) is 0.250. The Bertz CT molecular complexity index is 982. The lowest BCUT2D eigenvalue weighted by atomic mass is 10.2. The first-order chi connectivity index (χ1) is 11.4. The second kappa shape index (κ2) is 4.80. The minimum Gasteiger partial charge on any atom is -0.382 e. The van der Waals surface area contributed by atoms with Gasteiger partial charge in [-0.1, -0.05) is 0 Å². The molecule has 1 aliphatic rings. The molecule has 2 N–H and O–H groups in total. The van der Waals surface area contributed by atoms with Gasteiger partial charge >= 0.3 is 0 Å². The molecule has 24 heavy (non-hydrogen) atoms. The Hall–Kier alpha value is -2.90. The number of halogens is 2. The van der Waals surface area contributed by atoms with Crippen LogP contribution in [0.15, 0.2) is 30.5 Å². The molecule has 0 radical (unpaired) electrons. The van der Waals surface area contributed by atoms with Crippen LogP contribution in [0.4, 0.5) is 14.6 Å². The summed E-state index contributed by atoms with van der Waals surface area (Å²) in [5.41, 5.74) is 7.15. The first-order valence-electron chi connectivity index (χ1n) is 7.38. The topological polar surface area (TPSA) is 86.7 Å². The minimum atomic E-state index is -2.74. The largest absolute Gasteiger partial charge is 0.382 e. The van der Waals surface area contributed by atoms with E-state index in [0.29, 0.717) is 16.6 Å². The van der Waals surface area contributed by atoms with E-state index in [1.165, 1.54) is 6.07 Å². The Morgan fingerprint density at radius 2 is 2.12 bits per heavy atom. The second-order valence-electron chi connectivity index (χ2n) is 5.86. The van der Waals surface area contributed by atoms with Crippen LogP contribution in [-0.2, 0) is 0 Å². The Kier molecular flexibility index (Phi) is 2.93. The summed E-state index contributed by atoms with van der Waals surface area (Å²) in [5, 5.41) is 4.49. The van der Waals surface area contributed by atoms with Gasteiger partial charge in [-0.15, -0.1) is 5.10 Å². The smallest absolute Gasteiger partial charge is 0.282 e. The molecule has 1 atom stereocenters. The van der Waals surface area contributed by atoms with Crippen LogP contribution in [0.2, 0.25) is 0 Å². The van der Waals surface area contributed by atoms with Gasteiger partial charge in [0.25, 0.3) is 11.8 Å². The normalized spacial score (nSPS) is 18.7. The number of aromatic nitrogens is 4. The highest BCUT2D eigenvalue weighted by Crippen LogP contribution is 2.55. The number of alkyl halides is 2. The number of nitrogens with zero attached hydrogens (tertiary/aromatic N) is 4. The number of rotatable bonds is 2. The number of pyridine rings is 2. The van der Waals surface area contributed by atoms with E-state index in [4.69, 9.17) is 5.73 Å². The van der Waals surface area contributed by atoms with Crippen molar-refractivity contribution in [3.8, 4) is 0 Å². The van der Waals surface area contributed by atoms with Gasteiger partial charge in [-0.3, -0.25) is 9.78 Å². The molecule has 122 valence electrons. The molecule has 0 saturated heterocycles. The molecule has 0 aliphatic heterocycles. The summed E-state index contributed by atoms with van der Waals surface area (Å²) in [6, 6.07) is 6.34. The third-order valence-corrected chi connectivity index (χ3v) is 4.19. The number of aryl methyl sites for hydroxylation is 1. The zero-order valence-corrected chi connectivity index (χ0v) is 12.7. The fourth-order valence-corrected chi connectivity index (χ4v) is 2.73. The lowest BCUT2D eigenvalue weighted by molar-refractivity contribution is 0.0949. The van der Waals surface area contributed by atoms with E-state index < -0.39 is 17.7 Å². The Morgan fingerprint density at radius 3 is 2.79 bits per heavy atom. The lowest BCUT2D eigenvalue weighted by Gasteiger charge is -2.05. The zero-order chi connectivity index (χ0) is 17.1. The van der Waals surface area contributed by atoms with Crippen molar-refractivity contribution in [2.45, 2.75) is 25.2 Å². The van der Waals surface area contributed by atoms with Crippen molar-refractivity contribution in [2.75, 3.05) is 5.73 Å². The first kappa shape index (κ1) is 14.7. The maximum absolute atomic E-state index is 13.3. The molecule has 8 heteroatoms. The molecule has 1 fully saturated rings. The molecule has 0 bridgehead atoms. The molecule has 0 amide bonds. The molecule has 6 nitrogen and oxygen atoms in total. The van der Waals surface area contributed by atoms with Crippen molar-refractivity contribution in [3.63, 3.8) is 0 Å². The summed E-state index contributed by atoms with van der Waals surface area (Å²) in [6.07, 6.45) is 1.35. The van der Waals surface area contributed by atoms with Crippen molar-refractivity contribution in [2.24, 2.45) is 0 Å². The third kappa shape index (κ3) is 2.14. The molecular weight excluding hydrogens is 316 g/mol. The number of anilines is 1. The average Bonchev–Trinajstić information content (AvgIpc) is 3.07. The van der Waals surface area contributed by atoms with Gasteiger partial charge in [0, 0.05) is 12.6 Å². The van der Waals surface area contributed by atoms with Gasteiger partial charge in [-0.05, 0) is 31.2 Å². The maximum atomic E-state index is 13.3. The highest BCUT2D eigenvalue weighted by Gasteiger charge is 2.58. The van der Waals surface area contributed by atoms with Gasteiger partial charge in [0.1, 0.15) is 0 Å². The van der Waals surface area contributed by atoms with E-state index in [1.807, 2.05) is 0 Å². The van der Waals surface area contributed by atoms with Crippen LogP contribution in [0.1, 0.15) is 34.1 Å². The fourth-order valence-electron chi connectivity index (χ4n) is 2.73. The Balaban J connectivity index is 1.85. The zero-order valence-electron chi connectivity index (χ0n) is 12.7. The molecule has 4 rings (SSSR count). The molecule has 3 aromatic rings. The second-order valence-corrected chi connectivity index (χ2v) is 5.86. The summed E-state index contributed by atoms with van der Waals surface area (Å²) in [6.45, 7) is 1.70. The van der Waals surface area contributed by atoms with E-state index in [0.717, 1.165) is 4.68 Å². The quantitative estimate of drug-likeness (QED) is 0.781. The van der Waals surface area contributed by atoms with E-state index in [1.54, 1.807) is 31.3 Å². The van der Waals surface area contributed by atoms with Gasteiger partial charge in [-0.25, -0.2) is 13.8 Å². The lowest BCUT2D eigenvalue weighted by Crippen LogP contribution is -2.16. The van der Waals surface area contributed by atoms with Crippen LogP contribution in [0.5, 0.6) is 0 Å². The number of nitrogens with two attached hydrogens (primary N) is 1. The van der Waals surface area contributed by atoms with Crippen LogP contribution in [0.3, 0.4) is 0 Å². The number of carbonyl (C=O) groups is 1. The first-order valence-corrected chi connectivity index (χ1v) is 7.38. The summed E-state index contributed by atoms with van der Waals surface area (Å²) in [7, 11) is 0. The molecular formula is C16H13F2N5O.